The van der Waals surface area contributed by atoms with Crippen molar-refractivity contribution in [3.8, 4) is 0 Å². The van der Waals surface area contributed by atoms with E-state index in [9.17, 15) is 14.4 Å². The molecule has 2 amide bonds. The number of esters is 1. The minimum absolute atomic E-state index is 0.189. The van der Waals surface area contributed by atoms with Crippen LogP contribution in [0, 0.1) is 0 Å². The Balaban J connectivity index is 2.48. The van der Waals surface area contributed by atoms with Crippen molar-refractivity contribution in [3.63, 3.8) is 0 Å². The summed E-state index contributed by atoms with van der Waals surface area (Å²) >= 11 is 0. The average Bonchev–Trinajstić information content (AvgIpc) is 2.68. The van der Waals surface area contributed by atoms with E-state index in [1.165, 1.54) is 13.2 Å². The molecule has 17 heavy (non-hydrogen) atoms. The van der Waals surface area contributed by atoms with Gasteiger partial charge in [0.2, 0.25) is 11.8 Å². The molecule has 5 heteroatoms. The maximum Gasteiger partial charge on any atom is 0.339 e. The molecule has 1 fully saturated rings. The lowest BCUT2D eigenvalue weighted by Crippen LogP contribution is -2.30. The van der Waals surface area contributed by atoms with E-state index >= 15 is 0 Å². The van der Waals surface area contributed by atoms with Crippen molar-refractivity contribution in [3.05, 3.63) is 29.8 Å². The molecular weight excluding hydrogens is 222 g/mol. The van der Waals surface area contributed by atoms with Gasteiger partial charge in [-0.25, -0.2) is 9.69 Å². The number of anilines is 1. The van der Waals surface area contributed by atoms with Crippen LogP contribution in [-0.4, -0.2) is 24.9 Å². The molecule has 0 bridgehead atoms. The van der Waals surface area contributed by atoms with Gasteiger partial charge in [-0.1, -0.05) is 12.1 Å². The van der Waals surface area contributed by atoms with Crippen LogP contribution in [0.15, 0.2) is 24.3 Å². The van der Waals surface area contributed by atoms with Crippen molar-refractivity contribution in [1.82, 2.24) is 0 Å². The molecule has 0 aliphatic carbocycles. The normalized spacial score (nSPS) is 15.2. The van der Waals surface area contributed by atoms with Crippen LogP contribution in [0.3, 0.4) is 0 Å². The van der Waals surface area contributed by atoms with E-state index in [4.69, 9.17) is 0 Å². The Kier molecular flexibility index (Phi) is 2.91. The summed E-state index contributed by atoms with van der Waals surface area (Å²) in [5.74, 6) is -1.13. The minimum Gasteiger partial charge on any atom is -0.465 e. The fraction of sp³-hybridized carbons (Fsp3) is 0.250. The van der Waals surface area contributed by atoms with Crippen molar-refractivity contribution >= 4 is 23.5 Å². The molecule has 0 spiro atoms. The average molecular weight is 233 g/mol. The molecule has 2 rings (SSSR count). The smallest absolute Gasteiger partial charge is 0.339 e. The molecule has 5 nitrogen and oxygen atoms in total. The second kappa shape index (κ2) is 4.37. The number of amides is 2. The third-order valence-electron chi connectivity index (χ3n) is 2.60. The highest BCUT2D eigenvalue weighted by atomic mass is 16.5. The van der Waals surface area contributed by atoms with Crippen molar-refractivity contribution in [2.45, 2.75) is 12.8 Å². The first kappa shape index (κ1) is 11.3. The SMILES string of the molecule is COC(=O)c1ccccc1N1C(=O)CCC1=O. The summed E-state index contributed by atoms with van der Waals surface area (Å²) in [5, 5.41) is 0. The zero-order chi connectivity index (χ0) is 12.4. The highest BCUT2D eigenvalue weighted by Crippen LogP contribution is 2.26. The Labute approximate surface area is 98.0 Å². The van der Waals surface area contributed by atoms with Gasteiger partial charge in [-0.2, -0.15) is 0 Å². The molecule has 1 aromatic rings. The third kappa shape index (κ3) is 1.91. The summed E-state index contributed by atoms with van der Waals surface area (Å²) in [6.45, 7) is 0. The lowest BCUT2D eigenvalue weighted by Gasteiger charge is -2.16. The van der Waals surface area contributed by atoms with Gasteiger partial charge in [-0.15, -0.1) is 0 Å². The molecule has 1 aromatic carbocycles. The second-order valence-electron chi connectivity index (χ2n) is 3.63. The van der Waals surface area contributed by atoms with Crippen LogP contribution in [-0.2, 0) is 14.3 Å². The van der Waals surface area contributed by atoms with Gasteiger partial charge in [-0.3, -0.25) is 9.59 Å². The number of hydrogen-bond donors (Lipinski definition) is 0. The van der Waals surface area contributed by atoms with Crippen LogP contribution in [0.25, 0.3) is 0 Å². The Bertz CT molecular complexity index is 479. The first-order valence-electron chi connectivity index (χ1n) is 5.18. The highest BCUT2D eigenvalue weighted by molar-refractivity contribution is 6.21. The quantitative estimate of drug-likeness (QED) is 0.567. The number of hydrogen-bond acceptors (Lipinski definition) is 4. The van der Waals surface area contributed by atoms with E-state index < -0.39 is 5.97 Å². The summed E-state index contributed by atoms with van der Waals surface area (Å²) in [6.07, 6.45) is 0.378. The fourth-order valence-corrected chi connectivity index (χ4v) is 1.80. The van der Waals surface area contributed by atoms with Gasteiger partial charge in [0.25, 0.3) is 0 Å². The van der Waals surface area contributed by atoms with Crippen LogP contribution >= 0.6 is 0 Å². The molecule has 1 heterocycles. The Hall–Kier alpha value is -2.17. The van der Waals surface area contributed by atoms with Gasteiger partial charge in [0, 0.05) is 12.8 Å². The molecule has 1 saturated heterocycles. The maximum absolute atomic E-state index is 11.6. The number of imide groups is 1. The highest BCUT2D eigenvalue weighted by Gasteiger charge is 2.32. The Morgan fingerprint density at radius 3 is 2.35 bits per heavy atom. The van der Waals surface area contributed by atoms with Gasteiger partial charge in [0.05, 0.1) is 18.4 Å². The van der Waals surface area contributed by atoms with Crippen molar-refractivity contribution < 1.29 is 19.1 Å². The number of para-hydroxylation sites is 1. The monoisotopic (exact) mass is 233 g/mol. The molecular formula is C12H11NO4. The molecule has 0 N–H and O–H groups in total. The van der Waals surface area contributed by atoms with E-state index in [0.29, 0.717) is 5.69 Å². The van der Waals surface area contributed by atoms with Gasteiger partial charge in [0.15, 0.2) is 0 Å². The van der Waals surface area contributed by atoms with E-state index in [-0.39, 0.29) is 30.2 Å². The Morgan fingerprint density at radius 2 is 1.76 bits per heavy atom. The van der Waals surface area contributed by atoms with Crippen molar-refractivity contribution in [1.29, 1.82) is 0 Å². The maximum atomic E-state index is 11.6. The fourth-order valence-electron chi connectivity index (χ4n) is 1.80. The molecule has 0 atom stereocenters. The van der Waals surface area contributed by atoms with Gasteiger partial charge in [-0.05, 0) is 12.1 Å². The number of benzene rings is 1. The van der Waals surface area contributed by atoms with E-state index in [0.717, 1.165) is 4.90 Å². The van der Waals surface area contributed by atoms with Gasteiger partial charge in [0.1, 0.15) is 0 Å². The summed E-state index contributed by atoms with van der Waals surface area (Å²) in [6, 6.07) is 6.41. The lowest BCUT2D eigenvalue weighted by atomic mass is 10.1. The number of methoxy groups -OCH3 is 1. The van der Waals surface area contributed by atoms with Crippen LogP contribution in [0.5, 0.6) is 0 Å². The second-order valence-corrected chi connectivity index (χ2v) is 3.63. The largest absolute Gasteiger partial charge is 0.465 e. The molecule has 1 aliphatic rings. The van der Waals surface area contributed by atoms with Crippen LogP contribution in [0.2, 0.25) is 0 Å². The van der Waals surface area contributed by atoms with E-state index in [1.807, 2.05) is 0 Å². The summed E-state index contributed by atoms with van der Waals surface area (Å²) < 4.78 is 4.62. The molecule has 0 saturated carbocycles. The lowest BCUT2D eigenvalue weighted by molar-refractivity contribution is -0.121. The standard InChI is InChI=1S/C12H11NO4/c1-17-12(16)8-4-2-3-5-9(8)13-10(14)6-7-11(13)15/h2-5H,6-7H2,1H3. The number of nitrogens with zero attached hydrogens (tertiary/aromatic N) is 1. The minimum atomic E-state index is -0.562. The molecule has 0 aromatic heterocycles. The first-order valence-corrected chi connectivity index (χ1v) is 5.18. The Morgan fingerprint density at radius 1 is 1.18 bits per heavy atom. The summed E-state index contributed by atoms with van der Waals surface area (Å²) in [5.41, 5.74) is 0.519. The number of carbonyl (C=O) groups excluding carboxylic acids is 3. The molecule has 0 radical (unpaired) electrons. The van der Waals surface area contributed by atoms with Gasteiger partial charge < -0.3 is 4.74 Å². The molecule has 1 aliphatic heterocycles. The number of carbonyl (C=O) groups is 3. The first-order chi connectivity index (χ1) is 8.15. The summed E-state index contributed by atoms with van der Waals surface area (Å²) in [4.78, 5) is 35.8. The van der Waals surface area contributed by atoms with Crippen LogP contribution < -0.4 is 4.90 Å². The summed E-state index contributed by atoms with van der Waals surface area (Å²) in [7, 11) is 1.26. The predicted molar refractivity (Wildman–Crippen MR) is 59.5 cm³/mol. The predicted octanol–water partition coefficient (Wildman–Crippen LogP) is 1.13. The van der Waals surface area contributed by atoms with Crippen LogP contribution in [0.1, 0.15) is 23.2 Å². The molecule has 0 unspecified atom stereocenters. The van der Waals surface area contributed by atoms with E-state index in [2.05, 4.69) is 4.74 Å². The zero-order valence-corrected chi connectivity index (χ0v) is 9.30. The number of rotatable bonds is 2. The number of ether oxygens (including phenoxy) is 1. The molecule has 88 valence electrons. The zero-order valence-electron chi connectivity index (χ0n) is 9.30. The van der Waals surface area contributed by atoms with Crippen molar-refractivity contribution in [2.75, 3.05) is 12.0 Å². The van der Waals surface area contributed by atoms with Crippen LogP contribution in [0.4, 0.5) is 5.69 Å². The van der Waals surface area contributed by atoms with Crippen molar-refractivity contribution in [2.24, 2.45) is 0 Å². The van der Waals surface area contributed by atoms with E-state index in [1.54, 1.807) is 18.2 Å². The topological polar surface area (TPSA) is 63.7 Å². The van der Waals surface area contributed by atoms with Gasteiger partial charge >= 0.3 is 5.97 Å². The third-order valence-corrected chi connectivity index (χ3v) is 2.60.